The zero-order valence-corrected chi connectivity index (χ0v) is 14.0. The maximum atomic E-state index is 12.6. The van der Waals surface area contributed by atoms with E-state index in [0.29, 0.717) is 28.7 Å². The standard InChI is InChI=1S/C18H16ClN3O3/c19-12-8-14-16(25-10-17(23)20-14)9-13(12)21-18(24)22-7-6-15(22)11-4-2-1-3-5-11/h1-5,8-9,15H,6-7,10H2,(H,20,23)(H,21,24)/t15-/m1/s1. The van der Waals surface area contributed by atoms with Crippen LogP contribution in [0.25, 0.3) is 0 Å². The number of nitrogens with zero attached hydrogens (tertiary/aromatic N) is 1. The molecular formula is C18H16ClN3O3. The number of ether oxygens (including phenoxy) is 1. The lowest BCUT2D eigenvalue weighted by molar-refractivity contribution is -0.118. The van der Waals surface area contributed by atoms with Crippen molar-refractivity contribution < 1.29 is 14.3 Å². The summed E-state index contributed by atoms with van der Waals surface area (Å²) >= 11 is 6.23. The number of benzene rings is 2. The van der Waals surface area contributed by atoms with E-state index >= 15 is 0 Å². The smallest absolute Gasteiger partial charge is 0.322 e. The van der Waals surface area contributed by atoms with Crippen LogP contribution in [-0.4, -0.2) is 30.0 Å². The van der Waals surface area contributed by atoms with Gasteiger partial charge in [0.1, 0.15) is 5.75 Å². The minimum Gasteiger partial charge on any atom is -0.482 e. The molecule has 2 aromatic carbocycles. The summed E-state index contributed by atoms with van der Waals surface area (Å²) in [5.74, 6) is 0.258. The molecule has 0 saturated carbocycles. The molecule has 2 aliphatic heterocycles. The number of likely N-dealkylation sites (tertiary alicyclic amines) is 1. The molecular weight excluding hydrogens is 342 g/mol. The minimum atomic E-state index is -0.230. The summed E-state index contributed by atoms with van der Waals surface area (Å²) in [5.41, 5.74) is 2.08. The third-order valence-corrected chi connectivity index (χ3v) is 4.72. The first kappa shape index (κ1) is 15.8. The Morgan fingerprint density at radius 2 is 2.08 bits per heavy atom. The van der Waals surface area contributed by atoms with Crippen molar-refractivity contribution in [2.75, 3.05) is 23.8 Å². The zero-order valence-electron chi connectivity index (χ0n) is 13.3. The Balaban J connectivity index is 1.51. The number of halogens is 1. The van der Waals surface area contributed by atoms with Crippen LogP contribution in [0, 0.1) is 0 Å². The van der Waals surface area contributed by atoms with Crippen LogP contribution in [0.1, 0.15) is 18.0 Å². The maximum absolute atomic E-state index is 12.6. The highest BCUT2D eigenvalue weighted by molar-refractivity contribution is 6.34. The summed E-state index contributed by atoms with van der Waals surface area (Å²) in [6, 6.07) is 13.0. The molecule has 1 saturated heterocycles. The van der Waals surface area contributed by atoms with Crippen LogP contribution >= 0.6 is 11.6 Å². The molecule has 3 amide bonds. The van der Waals surface area contributed by atoms with E-state index < -0.39 is 0 Å². The van der Waals surface area contributed by atoms with Gasteiger partial charge in [0.25, 0.3) is 5.91 Å². The van der Waals surface area contributed by atoms with Crippen molar-refractivity contribution in [3.63, 3.8) is 0 Å². The first-order valence-corrected chi connectivity index (χ1v) is 8.38. The van der Waals surface area contributed by atoms with Gasteiger partial charge in [-0.15, -0.1) is 0 Å². The van der Waals surface area contributed by atoms with Crippen molar-refractivity contribution in [3.05, 3.63) is 53.1 Å². The number of carbonyl (C=O) groups is 2. The third kappa shape index (κ3) is 3.00. The molecule has 0 spiro atoms. The number of hydrogen-bond donors (Lipinski definition) is 2. The molecule has 1 fully saturated rings. The molecule has 4 rings (SSSR count). The SMILES string of the molecule is O=C1COc2cc(NC(=O)N3CC[C@@H]3c3ccccc3)c(Cl)cc2N1. The average Bonchev–Trinajstić information content (AvgIpc) is 2.56. The van der Waals surface area contributed by atoms with E-state index in [1.165, 1.54) is 0 Å². The number of urea groups is 1. The summed E-state index contributed by atoms with van der Waals surface area (Å²) in [4.78, 5) is 25.7. The fourth-order valence-electron chi connectivity index (χ4n) is 3.04. The highest BCUT2D eigenvalue weighted by Crippen LogP contribution is 2.38. The van der Waals surface area contributed by atoms with Gasteiger partial charge >= 0.3 is 6.03 Å². The summed E-state index contributed by atoms with van der Waals surface area (Å²) in [5, 5.41) is 5.86. The largest absolute Gasteiger partial charge is 0.482 e. The Morgan fingerprint density at radius 3 is 2.80 bits per heavy atom. The second kappa shape index (κ2) is 6.29. The Labute approximate surface area is 149 Å². The highest BCUT2D eigenvalue weighted by atomic mass is 35.5. The molecule has 25 heavy (non-hydrogen) atoms. The molecule has 0 aliphatic carbocycles. The Hall–Kier alpha value is -2.73. The second-order valence-corrected chi connectivity index (χ2v) is 6.41. The van der Waals surface area contributed by atoms with Gasteiger partial charge in [0.15, 0.2) is 6.61 Å². The van der Waals surface area contributed by atoms with Gasteiger partial charge in [0.05, 0.1) is 22.4 Å². The van der Waals surface area contributed by atoms with Crippen LogP contribution in [0.4, 0.5) is 16.2 Å². The van der Waals surface area contributed by atoms with Crippen molar-refractivity contribution in [1.82, 2.24) is 4.90 Å². The van der Waals surface area contributed by atoms with Crippen LogP contribution in [-0.2, 0) is 4.79 Å². The monoisotopic (exact) mass is 357 g/mol. The lowest BCUT2D eigenvalue weighted by Gasteiger charge is -2.41. The molecule has 0 unspecified atom stereocenters. The van der Waals surface area contributed by atoms with Crippen LogP contribution in [0.3, 0.4) is 0 Å². The Kier molecular flexibility index (Phi) is 3.97. The summed E-state index contributed by atoms with van der Waals surface area (Å²) in [6.07, 6.45) is 0.935. The molecule has 2 aliphatic rings. The molecule has 2 heterocycles. The molecule has 2 aromatic rings. The van der Waals surface area contributed by atoms with E-state index in [1.54, 1.807) is 17.0 Å². The zero-order chi connectivity index (χ0) is 17.4. The van der Waals surface area contributed by atoms with Crippen molar-refractivity contribution >= 4 is 34.9 Å². The van der Waals surface area contributed by atoms with E-state index in [4.69, 9.17) is 16.3 Å². The second-order valence-electron chi connectivity index (χ2n) is 6.00. The lowest BCUT2D eigenvalue weighted by Crippen LogP contribution is -2.47. The van der Waals surface area contributed by atoms with Gasteiger partial charge < -0.3 is 20.3 Å². The normalized spacial score (nSPS) is 18.5. The van der Waals surface area contributed by atoms with Crippen LogP contribution in [0.2, 0.25) is 5.02 Å². The Bertz CT molecular complexity index is 841. The van der Waals surface area contributed by atoms with Gasteiger partial charge in [0.2, 0.25) is 0 Å². The molecule has 1 atom stereocenters. The molecule has 0 radical (unpaired) electrons. The fourth-order valence-corrected chi connectivity index (χ4v) is 3.25. The van der Waals surface area contributed by atoms with Crippen LogP contribution < -0.4 is 15.4 Å². The predicted octanol–water partition coefficient (Wildman–Crippen LogP) is 3.65. The maximum Gasteiger partial charge on any atom is 0.322 e. The number of anilines is 2. The number of amides is 3. The first-order chi connectivity index (χ1) is 12.1. The van der Waals surface area contributed by atoms with E-state index in [1.807, 2.05) is 30.3 Å². The number of rotatable bonds is 2. The molecule has 7 heteroatoms. The predicted molar refractivity (Wildman–Crippen MR) is 95.1 cm³/mol. The number of hydrogen-bond acceptors (Lipinski definition) is 3. The van der Waals surface area contributed by atoms with Gasteiger partial charge in [0, 0.05) is 12.6 Å². The van der Waals surface area contributed by atoms with E-state index in [-0.39, 0.29) is 24.6 Å². The van der Waals surface area contributed by atoms with Crippen molar-refractivity contribution in [3.8, 4) is 5.75 Å². The number of nitrogens with one attached hydrogen (secondary N) is 2. The van der Waals surface area contributed by atoms with E-state index in [0.717, 1.165) is 12.0 Å². The van der Waals surface area contributed by atoms with E-state index in [2.05, 4.69) is 10.6 Å². The van der Waals surface area contributed by atoms with Gasteiger partial charge in [-0.1, -0.05) is 41.9 Å². The minimum absolute atomic E-state index is 0.0514. The summed E-state index contributed by atoms with van der Waals surface area (Å²) in [7, 11) is 0. The van der Waals surface area contributed by atoms with Gasteiger partial charge in [-0.05, 0) is 18.1 Å². The summed E-state index contributed by atoms with van der Waals surface area (Å²) in [6.45, 7) is 0.644. The van der Waals surface area contributed by atoms with Gasteiger partial charge in [-0.2, -0.15) is 0 Å². The van der Waals surface area contributed by atoms with Gasteiger partial charge in [-0.3, -0.25) is 4.79 Å². The quantitative estimate of drug-likeness (QED) is 0.861. The molecule has 128 valence electrons. The Morgan fingerprint density at radius 1 is 1.28 bits per heavy atom. The van der Waals surface area contributed by atoms with E-state index in [9.17, 15) is 9.59 Å². The average molecular weight is 358 g/mol. The lowest BCUT2D eigenvalue weighted by atomic mass is 9.95. The molecule has 0 bridgehead atoms. The first-order valence-electron chi connectivity index (χ1n) is 8.00. The van der Waals surface area contributed by atoms with Gasteiger partial charge in [-0.25, -0.2) is 4.79 Å². The van der Waals surface area contributed by atoms with Crippen molar-refractivity contribution in [2.45, 2.75) is 12.5 Å². The molecule has 6 nitrogen and oxygen atoms in total. The molecule has 2 N–H and O–H groups in total. The third-order valence-electron chi connectivity index (χ3n) is 4.41. The molecule has 0 aromatic heterocycles. The van der Waals surface area contributed by atoms with Crippen LogP contribution in [0.5, 0.6) is 5.75 Å². The number of fused-ring (bicyclic) bond motifs is 1. The topological polar surface area (TPSA) is 70.7 Å². The fraction of sp³-hybridized carbons (Fsp3) is 0.222. The van der Waals surface area contributed by atoms with Crippen molar-refractivity contribution in [2.24, 2.45) is 0 Å². The van der Waals surface area contributed by atoms with Crippen LogP contribution in [0.15, 0.2) is 42.5 Å². The summed E-state index contributed by atoms with van der Waals surface area (Å²) < 4.78 is 5.37. The van der Waals surface area contributed by atoms with Crippen molar-refractivity contribution in [1.29, 1.82) is 0 Å². The highest BCUT2D eigenvalue weighted by Gasteiger charge is 2.33. The number of carbonyl (C=O) groups excluding carboxylic acids is 2.